The third-order valence-electron chi connectivity index (χ3n) is 6.24. The van der Waals surface area contributed by atoms with Gasteiger partial charge in [-0.05, 0) is 73.2 Å². The molecule has 10 nitrogen and oxygen atoms in total. The smallest absolute Gasteiger partial charge is 0.497 e. The van der Waals surface area contributed by atoms with E-state index in [2.05, 4.69) is 10.3 Å². The van der Waals surface area contributed by atoms with Crippen LogP contribution in [0.5, 0.6) is 11.6 Å². The van der Waals surface area contributed by atoms with Crippen LogP contribution in [0.4, 0.5) is 13.2 Å². The zero-order valence-electron chi connectivity index (χ0n) is 21.3. The second-order valence-electron chi connectivity index (χ2n) is 8.56. The zero-order valence-corrected chi connectivity index (χ0v) is 22.1. The Balaban J connectivity index is 1.82. The van der Waals surface area contributed by atoms with Crippen LogP contribution in [0.25, 0.3) is 16.9 Å². The normalized spacial score (nSPS) is 12.7. The van der Waals surface area contributed by atoms with E-state index in [9.17, 15) is 36.3 Å². The molecular weight excluding hydrogens is 553 g/mol. The minimum atomic E-state index is -5.61. The van der Waals surface area contributed by atoms with E-state index in [0.717, 1.165) is 21.3 Å². The van der Waals surface area contributed by atoms with Gasteiger partial charge in [0.1, 0.15) is 11.8 Å². The lowest BCUT2D eigenvalue weighted by Crippen LogP contribution is -2.37. The highest BCUT2D eigenvalue weighted by molar-refractivity contribution is 7.92. The van der Waals surface area contributed by atoms with Crippen molar-refractivity contribution >= 4 is 15.7 Å². The van der Waals surface area contributed by atoms with Gasteiger partial charge in [-0.3, -0.25) is 14.3 Å². The van der Waals surface area contributed by atoms with Crippen LogP contribution in [0.15, 0.2) is 76.6 Å². The summed E-state index contributed by atoms with van der Waals surface area (Å²) < 4.78 is 69.1. The number of aromatic hydroxyl groups is 1. The highest BCUT2D eigenvalue weighted by atomic mass is 32.2. The van der Waals surface area contributed by atoms with Gasteiger partial charge in [-0.15, -0.1) is 0 Å². The molecule has 0 saturated heterocycles. The van der Waals surface area contributed by atoms with Crippen molar-refractivity contribution in [1.29, 1.82) is 0 Å². The predicted octanol–water partition coefficient (Wildman–Crippen LogP) is 3.35. The number of hydrogen-bond donors (Lipinski definition) is 2. The van der Waals surface area contributed by atoms with E-state index in [0.29, 0.717) is 34.7 Å². The molecule has 210 valence electrons. The standard InChI is InChI=1S/C26H23F3N4O6S/c1-15-24(35)33(18-6-10-20(11-7-18)40(37,38)26(27,28)29)25(36)32(15)22(23(34)30-2)17-12-13-31-21(14-17)16-4-8-19(39-3)9-5-16/h4-14,22,35H,1-3H3,(H,30,34). The van der Waals surface area contributed by atoms with Gasteiger partial charge in [0.25, 0.3) is 9.84 Å². The largest absolute Gasteiger partial charge is 0.501 e. The quantitative estimate of drug-likeness (QED) is 0.345. The lowest BCUT2D eigenvalue weighted by molar-refractivity contribution is -0.122. The molecule has 2 aromatic carbocycles. The molecule has 0 radical (unpaired) electrons. The van der Waals surface area contributed by atoms with Gasteiger partial charge in [0.2, 0.25) is 11.8 Å². The van der Waals surface area contributed by atoms with E-state index in [1.807, 2.05) is 0 Å². The van der Waals surface area contributed by atoms with Crippen molar-refractivity contribution in [1.82, 2.24) is 19.4 Å². The van der Waals surface area contributed by atoms with E-state index < -0.39 is 43.8 Å². The number of sulfone groups is 1. The molecule has 0 spiro atoms. The van der Waals surface area contributed by atoms with Crippen LogP contribution >= 0.6 is 0 Å². The monoisotopic (exact) mass is 576 g/mol. The number of nitrogens with one attached hydrogen (secondary N) is 1. The summed E-state index contributed by atoms with van der Waals surface area (Å²) >= 11 is 0. The molecule has 0 bridgehead atoms. The number of carbonyl (C=O) groups is 1. The summed E-state index contributed by atoms with van der Waals surface area (Å²) in [5.74, 6) is -0.554. The molecular formula is C26H23F3N4O6S. The van der Waals surface area contributed by atoms with Crippen molar-refractivity contribution in [2.45, 2.75) is 23.4 Å². The predicted molar refractivity (Wildman–Crippen MR) is 138 cm³/mol. The molecule has 4 aromatic rings. The van der Waals surface area contributed by atoms with Crippen LogP contribution in [-0.4, -0.2) is 53.2 Å². The number of carbonyl (C=O) groups excluding carboxylic acids is 1. The lowest BCUT2D eigenvalue weighted by Gasteiger charge is -2.19. The Kier molecular flexibility index (Phi) is 7.48. The number of halogens is 3. The van der Waals surface area contributed by atoms with Crippen LogP contribution in [-0.2, 0) is 14.6 Å². The summed E-state index contributed by atoms with van der Waals surface area (Å²) in [4.78, 5) is 30.0. The molecule has 1 atom stereocenters. The second-order valence-corrected chi connectivity index (χ2v) is 10.5. The number of alkyl halides is 3. The maximum atomic E-state index is 13.6. The number of benzene rings is 2. The van der Waals surface area contributed by atoms with Gasteiger partial charge < -0.3 is 15.2 Å². The molecule has 14 heteroatoms. The number of aromatic nitrogens is 3. The minimum Gasteiger partial charge on any atom is -0.497 e. The summed E-state index contributed by atoms with van der Waals surface area (Å²) in [7, 11) is -2.71. The summed E-state index contributed by atoms with van der Waals surface area (Å²) in [5.41, 5.74) is -4.99. The van der Waals surface area contributed by atoms with E-state index in [-0.39, 0.29) is 11.4 Å². The van der Waals surface area contributed by atoms with Crippen molar-refractivity contribution in [2.75, 3.05) is 14.2 Å². The van der Waals surface area contributed by atoms with E-state index >= 15 is 0 Å². The van der Waals surface area contributed by atoms with Crippen molar-refractivity contribution in [2.24, 2.45) is 0 Å². The second kappa shape index (κ2) is 10.5. The topological polar surface area (TPSA) is 133 Å². The van der Waals surface area contributed by atoms with Gasteiger partial charge in [0.05, 0.1) is 29.1 Å². The molecule has 2 N–H and O–H groups in total. The number of pyridine rings is 1. The number of imidazole rings is 1. The summed E-state index contributed by atoms with van der Waals surface area (Å²) in [6, 6.07) is 12.1. The molecule has 0 saturated carbocycles. The Labute approximate surface area is 226 Å². The number of amides is 1. The van der Waals surface area contributed by atoms with Crippen molar-refractivity contribution in [3.63, 3.8) is 0 Å². The third kappa shape index (κ3) is 4.93. The number of likely N-dealkylation sites (N-methyl/N-ethyl adjacent to an activating group) is 1. The first-order chi connectivity index (χ1) is 18.8. The number of ether oxygens (including phenoxy) is 1. The van der Waals surface area contributed by atoms with Crippen molar-refractivity contribution in [3.05, 3.63) is 88.6 Å². The molecule has 2 aromatic heterocycles. The van der Waals surface area contributed by atoms with Crippen LogP contribution < -0.4 is 15.7 Å². The molecule has 40 heavy (non-hydrogen) atoms. The van der Waals surface area contributed by atoms with Crippen LogP contribution in [0.3, 0.4) is 0 Å². The Hall–Kier alpha value is -4.59. The fourth-order valence-electron chi connectivity index (χ4n) is 4.15. The lowest BCUT2D eigenvalue weighted by atomic mass is 10.0. The van der Waals surface area contributed by atoms with Gasteiger partial charge in [-0.2, -0.15) is 13.2 Å². The van der Waals surface area contributed by atoms with E-state index in [1.165, 1.54) is 33.3 Å². The van der Waals surface area contributed by atoms with Crippen LogP contribution in [0.2, 0.25) is 0 Å². The molecule has 0 aliphatic rings. The fourth-order valence-corrected chi connectivity index (χ4v) is 4.91. The average Bonchev–Trinajstić information content (AvgIpc) is 3.16. The summed E-state index contributed by atoms with van der Waals surface area (Å²) in [5, 5.41) is 13.3. The molecule has 4 rings (SSSR count). The minimum absolute atomic E-state index is 0.0200. The van der Waals surface area contributed by atoms with Gasteiger partial charge in [0.15, 0.2) is 0 Å². The highest BCUT2D eigenvalue weighted by Crippen LogP contribution is 2.32. The fraction of sp³-hybridized carbons (Fsp3) is 0.192. The molecule has 0 fully saturated rings. The molecule has 1 amide bonds. The Morgan fingerprint density at radius 2 is 1.70 bits per heavy atom. The Morgan fingerprint density at radius 3 is 2.25 bits per heavy atom. The van der Waals surface area contributed by atoms with E-state index in [4.69, 9.17) is 4.74 Å². The summed E-state index contributed by atoms with van der Waals surface area (Å²) in [6.45, 7) is 1.39. The first kappa shape index (κ1) is 28.4. The Morgan fingerprint density at radius 1 is 1.07 bits per heavy atom. The first-order valence-electron chi connectivity index (χ1n) is 11.6. The highest BCUT2D eigenvalue weighted by Gasteiger charge is 2.46. The Bertz CT molecular complexity index is 1730. The SMILES string of the molecule is CNC(=O)C(c1ccnc(-c2ccc(OC)cc2)c1)n1c(C)c(O)n(-c2ccc(S(=O)(=O)C(F)(F)F)cc2)c1=O. The molecule has 2 heterocycles. The van der Waals surface area contributed by atoms with Gasteiger partial charge in [-0.1, -0.05) is 0 Å². The maximum absolute atomic E-state index is 13.6. The third-order valence-corrected chi connectivity index (χ3v) is 7.74. The van der Waals surface area contributed by atoms with Crippen LogP contribution in [0.1, 0.15) is 17.3 Å². The van der Waals surface area contributed by atoms with Gasteiger partial charge in [0, 0.05) is 18.8 Å². The number of nitrogens with zero attached hydrogens (tertiary/aromatic N) is 3. The molecule has 0 aliphatic heterocycles. The van der Waals surface area contributed by atoms with Crippen LogP contribution in [0, 0.1) is 6.92 Å². The van der Waals surface area contributed by atoms with Crippen molar-refractivity contribution < 1.29 is 36.2 Å². The first-order valence-corrected chi connectivity index (χ1v) is 13.1. The number of rotatable bonds is 7. The van der Waals surface area contributed by atoms with E-state index in [1.54, 1.807) is 30.3 Å². The molecule has 1 unspecified atom stereocenters. The zero-order chi connectivity index (χ0) is 29.4. The average molecular weight is 577 g/mol. The molecule has 0 aliphatic carbocycles. The van der Waals surface area contributed by atoms with Crippen molar-refractivity contribution in [3.8, 4) is 28.6 Å². The number of hydrogen-bond acceptors (Lipinski definition) is 7. The van der Waals surface area contributed by atoms with Gasteiger partial charge >= 0.3 is 11.2 Å². The number of methoxy groups -OCH3 is 1. The van der Waals surface area contributed by atoms with Gasteiger partial charge in [-0.25, -0.2) is 17.8 Å². The maximum Gasteiger partial charge on any atom is 0.501 e. The summed E-state index contributed by atoms with van der Waals surface area (Å²) in [6.07, 6.45) is 1.46.